The zero-order valence-corrected chi connectivity index (χ0v) is 24.6. The minimum atomic E-state index is -0.731. The van der Waals surface area contributed by atoms with Crippen molar-refractivity contribution in [2.45, 2.75) is 33.4 Å². The van der Waals surface area contributed by atoms with Gasteiger partial charge in [0.1, 0.15) is 5.75 Å². The number of aryl methyl sites for hydroxylation is 1. The highest BCUT2D eigenvalue weighted by atomic mass is 32.1. The summed E-state index contributed by atoms with van der Waals surface area (Å²) < 4.78 is 15.6. The van der Waals surface area contributed by atoms with Gasteiger partial charge in [-0.25, -0.2) is 9.79 Å². The first kappa shape index (κ1) is 27.5. The Bertz CT molecular complexity index is 1980. The number of fused-ring (bicyclic) bond motifs is 2. The predicted octanol–water partition coefficient (Wildman–Crippen LogP) is 5.31. The van der Waals surface area contributed by atoms with Gasteiger partial charge in [0.25, 0.3) is 5.56 Å². The minimum absolute atomic E-state index is 0.201. The molecule has 0 fully saturated rings. The summed E-state index contributed by atoms with van der Waals surface area (Å²) in [6, 6.07) is 24.5. The van der Waals surface area contributed by atoms with Gasteiger partial charge in [-0.2, -0.15) is 0 Å². The van der Waals surface area contributed by atoms with E-state index in [-0.39, 0.29) is 12.2 Å². The van der Waals surface area contributed by atoms with Gasteiger partial charge in [-0.3, -0.25) is 9.36 Å². The third-order valence-electron chi connectivity index (χ3n) is 7.33. The SMILES string of the molecule is CCOC(=O)C1=C(c2ccccc2)N=c2s/c(=C\c3cn(CC)c4ccccc34)c(=O)n2[C@@H]1c1ccc(OCC)cc1. The lowest BCUT2D eigenvalue weighted by Gasteiger charge is -2.26. The Kier molecular flexibility index (Phi) is 7.63. The average molecular weight is 578 g/mol. The molecule has 7 nitrogen and oxygen atoms in total. The molecule has 3 heterocycles. The molecule has 6 rings (SSSR count). The molecule has 0 saturated heterocycles. The van der Waals surface area contributed by atoms with E-state index in [4.69, 9.17) is 14.5 Å². The van der Waals surface area contributed by atoms with Crippen LogP contribution in [0, 0.1) is 0 Å². The number of esters is 1. The van der Waals surface area contributed by atoms with Crippen molar-refractivity contribution in [2.24, 2.45) is 4.99 Å². The summed E-state index contributed by atoms with van der Waals surface area (Å²) in [5.74, 6) is 0.213. The molecule has 1 aliphatic heterocycles. The first-order chi connectivity index (χ1) is 20.5. The standard InChI is InChI=1S/C34H31N3O4S/c1-4-36-21-24(26-14-10-11-15-27(26)36)20-28-32(38)37-31(23-16-18-25(19-17-23)40-5-2)29(33(39)41-6-3)30(35-34(37)42-28)22-12-8-7-9-13-22/h7-21,31H,4-6H2,1-3H3/b28-20-/t31-/m1/s1. The maximum Gasteiger partial charge on any atom is 0.338 e. The molecule has 0 amide bonds. The van der Waals surface area contributed by atoms with Crippen molar-refractivity contribution < 1.29 is 14.3 Å². The second kappa shape index (κ2) is 11.7. The molecule has 0 saturated carbocycles. The van der Waals surface area contributed by atoms with Crippen LogP contribution in [0.2, 0.25) is 0 Å². The molecule has 0 spiro atoms. The number of hydrogen-bond acceptors (Lipinski definition) is 6. The van der Waals surface area contributed by atoms with Crippen LogP contribution < -0.4 is 19.6 Å². The van der Waals surface area contributed by atoms with E-state index in [2.05, 4.69) is 29.8 Å². The summed E-state index contributed by atoms with van der Waals surface area (Å²) in [6.07, 6.45) is 4.01. The van der Waals surface area contributed by atoms with Gasteiger partial charge in [0.15, 0.2) is 4.80 Å². The van der Waals surface area contributed by atoms with Gasteiger partial charge in [0.2, 0.25) is 0 Å². The van der Waals surface area contributed by atoms with Crippen LogP contribution in [0.25, 0.3) is 22.7 Å². The monoisotopic (exact) mass is 577 g/mol. The van der Waals surface area contributed by atoms with E-state index in [1.807, 2.05) is 79.7 Å². The van der Waals surface area contributed by atoms with Crippen LogP contribution in [0.1, 0.15) is 43.5 Å². The predicted molar refractivity (Wildman–Crippen MR) is 166 cm³/mol. The van der Waals surface area contributed by atoms with Crippen LogP contribution >= 0.6 is 11.3 Å². The number of hydrogen-bond donors (Lipinski definition) is 0. The van der Waals surface area contributed by atoms with Crippen molar-refractivity contribution >= 4 is 40.0 Å². The quantitative estimate of drug-likeness (QED) is 0.234. The molecular weight excluding hydrogens is 546 g/mol. The molecule has 0 unspecified atom stereocenters. The molecule has 0 N–H and O–H groups in total. The molecule has 2 aromatic heterocycles. The normalized spacial score (nSPS) is 15.0. The van der Waals surface area contributed by atoms with Crippen LogP contribution in [0.15, 0.2) is 100 Å². The van der Waals surface area contributed by atoms with Crippen LogP contribution in [0.5, 0.6) is 5.75 Å². The van der Waals surface area contributed by atoms with E-state index in [0.29, 0.717) is 33.0 Å². The van der Waals surface area contributed by atoms with Gasteiger partial charge in [0.05, 0.1) is 35.1 Å². The number of carbonyl (C=O) groups is 1. The summed E-state index contributed by atoms with van der Waals surface area (Å²) in [4.78, 5) is 33.3. The number of nitrogens with zero attached hydrogens (tertiary/aromatic N) is 3. The van der Waals surface area contributed by atoms with E-state index in [9.17, 15) is 9.59 Å². The summed E-state index contributed by atoms with van der Waals surface area (Å²) in [5, 5.41) is 1.07. The molecule has 5 aromatic rings. The Morgan fingerprint density at radius 2 is 1.69 bits per heavy atom. The second-order valence-corrected chi connectivity index (χ2v) is 10.8. The van der Waals surface area contributed by atoms with Gasteiger partial charge in [-0.15, -0.1) is 0 Å². The van der Waals surface area contributed by atoms with Gasteiger partial charge >= 0.3 is 5.97 Å². The summed E-state index contributed by atoms with van der Waals surface area (Å²) in [5.41, 5.74) is 4.24. The van der Waals surface area contributed by atoms with E-state index in [0.717, 1.165) is 34.1 Å². The fraction of sp³-hybridized carbons (Fsp3) is 0.206. The summed E-state index contributed by atoms with van der Waals surface area (Å²) in [6.45, 7) is 7.35. The second-order valence-electron chi connectivity index (χ2n) is 9.82. The highest BCUT2D eigenvalue weighted by Crippen LogP contribution is 2.35. The number of carbonyl (C=O) groups excluding carboxylic acids is 1. The Morgan fingerprint density at radius 1 is 0.952 bits per heavy atom. The molecule has 212 valence electrons. The van der Waals surface area contributed by atoms with Crippen molar-refractivity contribution in [1.29, 1.82) is 0 Å². The maximum absolute atomic E-state index is 14.2. The molecule has 1 aliphatic rings. The Labute approximate surface area is 247 Å². The van der Waals surface area contributed by atoms with E-state index in [1.165, 1.54) is 11.3 Å². The first-order valence-electron chi connectivity index (χ1n) is 14.1. The van der Waals surface area contributed by atoms with Crippen molar-refractivity contribution in [3.05, 3.63) is 127 Å². The number of thiazole rings is 1. The fourth-order valence-electron chi connectivity index (χ4n) is 5.46. The minimum Gasteiger partial charge on any atom is -0.494 e. The van der Waals surface area contributed by atoms with Gasteiger partial charge in [-0.1, -0.05) is 72.0 Å². The molecule has 1 atom stereocenters. The highest BCUT2D eigenvalue weighted by Gasteiger charge is 2.35. The smallest absolute Gasteiger partial charge is 0.338 e. The largest absolute Gasteiger partial charge is 0.494 e. The van der Waals surface area contributed by atoms with Crippen LogP contribution in [-0.4, -0.2) is 28.3 Å². The van der Waals surface area contributed by atoms with Crippen molar-refractivity contribution in [2.75, 3.05) is 13.2 Å². The third kappa shape index (κ3) is 4.88. The molecular formula is C34H31N3O4S. The molecule has 0 aliphatic carbocycles. The zero-order chi connectivity index (χ0) is 29.2. The van der Waals surface area contributed by atoms with Gasteiger partial charge in [0, 0.05) is 34.8 Å². The van der Waals surface area contributed by atoms with Gasteiger partial charge in [-0.05, 0) is 50.6 Å². The molecule has 3 aromatic carbocycles. The number of para-hydroxylation sites is 1. The van der Waals surface area contributed by atoms with Crippen LogP contribution in [0.3, 0.4) is 0 Å². The number of rotatable bonds is 8. The van der Waals surface area contributed by atoms with Crippen molar-refractivity contribution in [1.82, 2.24) is 9.13 Å². The van der Waals surface area contributed by atoms with Gasteiger partial charge < -0.3 is 14.0 Å². The molecule has 42 heavy (non-hydrogen) atoms. The lowest BCUT2D eigenvalue weighted by atomic mass is 9.93. The molecule has 0 radical (unpaired) electrons. The maximum atomic E-state index is 14.2. The van der Waals surface area contributed by atoms with E-state index >= 15 is 0 Å². The topological polar surface area (TPSA) is 74.8 Å². The van der Waals surface area contributed by atoms with Crippen molar-refractivity contribution in [3.63, 3.8) is 0 Å². The molecule has 8 heteroatoms. The van der Waals surface area contributed by atoms with Crippen LogP contribution in [0.4, 0.5) is 0 Å². The highest BCUT2D eigenvalue weighted by molar-refractivity contribution is 7.07. The lowest BCUT2D eigenvalue weighted by molar-refractivity contribution is -0.138. The Balaban J connectivity index is 1.63. The fourth-order valence-corrected chi connectivity index (χ4v) is 6.45. The summed E-state index contributed by atoms with van der Waals surface area (Å²) >= 11 is 1.33. The van der Waals surface area contributed by atoms with Crippen LogP contribution in [-0.2, 0) is 16.1 Å². The zero-order valence-electron chi connectivity index (χ0n) is 23.7. The summed E-state index contributed by atoms with van der Waals surface area (Å²) in [7, 11) is 0. The Morgan fingerprint density at radius 3 is 2.40 bits per heavy atom. The van der Waals surface area contributed by atoms with E-state index < -0.39 is 12.0 Å². The average Bonchev–Trinajstić information content (AvgIpc) is 3.54. The Hall–Kier alpha value is -4.69. The molecule has 0 bridgehead atoms. The lowest BCUT2D eigenvalue weighted by Crippen LogP contribution is -2.40. The van der Waals surface area contributed by atoms with Crippen molar-refractivity contribution in [3.8, 4) is 5.75 Å². The number of aromatic nitrogens is 2. The number of ether oxygens (including phenoxy) is 2. The third-order valence-corrected chi connectivity index (χ3v) is 8.31. The number of benzene rings is 3. The van der Waals surface area contributed by atoms with E-state index in [1.54, 1.807) is 11.5 Å². The first-order valence-corrected chi connectivity index (χ1v) is 14.9.